The highest BCUT2D eigenvalue weighted by Gasteiger charge is 2.23. The molecule has 108 valence electrons. The lowest BCUT2D eigenvalue weighted by molar-refractivity contribution is -0.142. The predicted molar refractivity (Wildman–Crippen MR) is 76.3 cm³/mol. The summed E-state index contributed by atoms with van der Waals surface area (Å²) in [6.07, 6.45) is 0. The van der Waals surface area contributed by atoms with Crippen LogP contribution in [0.15, 0.2) is 42.5 Å². The van der Waals surface area contributed by atoms with Crippen molar-refractivity contribution < 1.29 is 19.1 Å². The Kier molecular flexibility index (Phi) is 5.50. The molecular weight excluding hydrogens is 256 g/mol. The van der Waals surface area contributed by atoms with Gasteiger partial charge in [0.05, 0.1) is 18.8 Å². The van der Waals surface area contributed by atoms with Crippen LogP contribution in [0.2, 0.25) is 0 Å². The van der Waals surface area contributed by atoms with Gasteiger partial charge in [0.15, 0.2) is 0 Å². The summed E-state index contributed by atoms with van der Waals surface area (Å²) >= 11 is 0. The van der Waals surface area contributed by atoms with Crippen molar-refractivity contribution in [1.82, 2.24) is 0 Å². The summed E-state index contributed by atoms with van der Waals surface area (Å²) in [4.78, 5) is 23.1. The van der Waals surface area contributed by atoms with E-state index in [1.165, 1.54) is 0 Å². The number of hydrogen-bond donors (Lipinski definition) is 0. The molecule has 0 unspecified atom stereocenters. The lowest BCUT2D eigenvalue weighted by Gasteiger charge is -2.23. The average Bonchev–Trinajstić information content (AvgIpc) is 2.43. The van der Waals surface area contributed by atoms with E-state index in [0.29, 0.717) is 11.1 Å². The second-order valence-electron chi connectivity index (χ2n) is 5.46. The first-order valence-corrected chi connectivity index (χ1v) is 6.37. The maximum Gasteiger partial charge on any atom is 0.338 e. The standard InChI is InChI=1S/C16H20O4/c1-12(2)14(17)19-10-16(3,4)11-20-15(18)13-8-6-5-7-9-13/h5-9H,1,10-11H2,2-4H3. The highest BCUT2D eigenvalue weighted by Crippen LogP contribution is 2.17. The molecule has 0 radical (unpaired) electrons. The molecule has 0 spiro atoms. The average molecular weight is 276 g/mol. The molecule has 20 heavy (non-hydrogen) atoms. The van der Waals surface area contributed by atoms with Crippen molar-refractivity contribution in [3.63, 3.8) is 0 Å². The van der Waals surface area contributed by atoms with Crippen molar-refractivity contribution in [3.8, 4) is 0 Å². The van der Waals surface area contributed by atoms with Crippen LogP contribution >= 0.6 is 0 Å². The highest BCUT2D eigenvalue weighted by atomic mass is 16.5. The summed E-state index contributed by atoms with van der Waals surface area (Å²) < 4.78 is 10.3. The zero-order valence-electron chi connectivity index (χ0n) is 12.1. The predicted octanol–water partition coefficient (Wildman–Crippen LogP) is 2.99. The van der Waals surface area contributed by atoms with Crippen LogP contribution in [0.4, 0.5) is 0 Å². The zero-order chi connectivity index (χ0) is 15.2. The first-order chi connectivity index (χ1) is 9.32. The fourth-order valence-electron chi connectivity index (χ4n) is 1.34. The second kappa shape index (κ2) is 6.89. The number of carbonyl (C=O) groups is 2. The maximum absolute atomic E-state index is 11.8. The SMILES string of the molecule is C=C(C)C(=O)OCC(C)(C)COC(=O)c1ccccc1. The molecule has 0 saturated carbocycles. The van der Waals surface area contributed by atoms with Crippen LogP contribution < -0.4 is 0 Å². The van der Waals surface area contributed by atoms with Gasteiger partial charge in [0.25, 0.3) is 0 Å². The van der Waals surface area contributed by atoms with E-state index in [4.69, 9.17) is 9.47 Å². The third kappa shape index (κ3) is 5.26. The summed E-state index contributed by atoms with van der Waals surface area (Å²) in [5, 5.41) is 0. The molecule has 0 N–H and O–H groups in total. The molecule has 0 aliphatic carbocycles. The van der Waals surface area contributed by atoms with Gasteiger partial charge in [-0.2, -0.15) is 0 Å². The van der Waals surface area contributed by atoms with Gasteiger partial charge in [0, 0.05) is 11.0 Å². The summed E-state index contributed by atoms with van der Waals surface area (Å²) in [5.74, 6) is -0.822. The van der Waals surface area contributed by atoms with Crippen molar-refractivity contribution in [2.75, 3.05) is 13.2 Å². The first kappa shape index (κ1) is 16.0. The Morgan fingerprint density at radius 2 is 1.65 bits per heavy atom. The molecule has 0 aromatic heterocycles. The van der Waals surface area contributed by atoms with Gasteiger partial charge in [-0.25, -0.2) is 9.59 Å². The number of benzene rings is 1. The van der Waals surface area contributed by atoms with Crippen molar-refractivity contribution in [2.24, 2.45) is 5.41 Å². The van der Waals surface area contributed by atoms with Gasteiger partial charge in [-0.05, 0) is 19.1 Å². The van der Waals surface area contributed by atoms with Gasteiger partial charge in [-0.15, -0.1) is 0 Å². The van der Waals surface area contributed by atoms with Crippen LogP contribution in [0.1, 0.15) is 31.1 Å². The molecule has 4 nitrogen and oxygen atoms in total. The van der Waals surface area contributed by atoms with Crippen LogP contribution in [0.25, 0.3) is 0 Å². The topological polar surface area (TPSA) is 52.6 Å². The van der Waals surface area contributed by atoms with Crippen LogP contribution in [0, 0.1) is 5.41 Å². The molecule has 1 aromatic carbocycles. The van der Waals surface area contributed by atoms with E-state index in [9.17, 15) is 9.59 Å². The molecule has 0 amide bonds. The Labute approximate surface area is 119 Å². The van der Waals surface area contributed by atoms with Gasteiger partial charge in [0.2, 0.25) is 0 Å². The van der Waals surface area contributed by atoms with Crippen LogP contribution in [-0.4, -0.2) is 25.2 Å². The zero-order valence-corrected chi connectivity index (χ0v) is 12.1. The lowest BCUT2D eigenvalue weighted by Crippen LogP contribution is -2.28. The van der Waals surface area contributed by atoms with E-state index in [-0.39, 0.29) is 19.2 Å². The fraction of sp³-hybridized carbons (Fsp3) is 0.375. The molecule has 1 rings (SSSR count). The summed E-state index contributed by atoms with van der Waals surface area (Å²) in [6.45, 7) is 9.15. The van der Waals surface area contributed by atoms with E-state index in [1.54, 1.807) is 31.2 Å². The molecule has 0 bridgehead atoms. The van der Waals surface area contributed by atoms with E-state index in [2.05, 4.69) is 6.58 Å². The van der Waals surface area contributed by atoms with Crippen LogP contribution in [0.5, 0.6) is 0 Å². The molecular formula is C16H20O4. The van der Waals surface area contributed by atoms with Gasteiger partial charge in [0.1, 0.15) is 0 Å². The largest absolute Gasteiger partial charge is 0.462 e. The van der Waals surface area contributed by atoms with Crippen LogP contribution in [0.3, 0.4) is 0 Å². The van der Waals surface area contributed by atoms with E-state index < -0.39 is 11.4 Å². The minimum absolute atomic E-state index is 0.167. The number of ether oxygens (including phenoxy) is 2. The van der Waals surface area contributed by atoms with Crippen molar-refractivity contribution in [1.29, 1.82) is 0 Å². The number of carbonyl (C=O) groups excluding carboxylic acids is 2. The molecule has 0 atom stereocenters. The monoisotopic (exact) mass is 276 g/mol. The summed E-state index contributed by atoms with van der Waals surface area (Å²) in [6, 6.07) is 8.76. The smallest absolute Gasteiger partial charge is 0.338 e. The van der Waals surface area contributed by atoms with Gasteiger partial charge in [-0.1, -0.05) is 38.6 Å². The number of rotatable bonds is 6. The Morgan fingerprint density at radius 1 is 1.10 bits per heavy atom. The Balaban J connectivity index is 2.45. The molecule has 0 aliphatic heterocycles. The maximum atomic E-state index is 11.8. The Morgan fingerprint density at radius 3 is 2.20 bits per heavy atom. The Hall–Kier alpha value is -2.10. The second-order valence-corrected chi connectivity index (χ2v) is 5.46. The lowest BCUT2D eigenvalue weighted by atomic mass is 9.96. The molecule has 4 heteroatoms. The molecule has 1 aromatic rings. The normalized spacial score (nSPS) is 10.8. The van der Waals surface area contributed by atoms with E-state index in [1.807, 2.05) is 19.9 Å². The number of esters is 2. The third-order valence-corrected chi connectivity index (χ3v) is 2.55. The minimum Gasteiger partial charge on any atom is -0.462 e. The van der Waals surface area contributed by atoms with Gasteiger partial charge in [-0.3, -0.25) is 0 Å². The quantitative estimate of drug-likeness (QED) is 0.592. The Bertz CT molecular complexity index is 488. The molecule has 0 saturated heterocycles. The van der Waals surface area contributed by atoms with Crippen molar-refractivity contribution in [2.45, 2.75) is 20.8 Å². The van der Waals surface area contributed by atoms with Crippen molar-refractivity contribution >= 4 is 11.9 Å². The third-order valence-electron chi connectivity index (χ3n) is 2.55. The summed E-state index contributed by atoms with van der Waals surface area (Å²) in [7, 11) is 0. The van der Waals surface area contributed by atoms with Crippen molar-refractivity contribution in [3.05, 3.63) is 48.0 Å². The van der Waals surface area contributed by atoms with E-state index >= 15 is 0 Å². The van der Waals surface area contributed by atoms with Gasteiger partial charge >= 0.3 is 11.9 Å². The van der Waals surface area contributed by atoms with E-state index in [0.717, 1.165) is 0 Å². The first-order valence-electron chi connectivity index (χ1n) is 6.37. The minimum atomic E-state index is -0.449. The van der Waals surface area contributed by atoms with Crippen LogP contribution in [-0.2, 0) is 14.3 Å². The van der Waals surface area contributed by atoms with Gasteiger partial charge < -0.3 is 9.47 Å². The summed E-state index contributed by atoms with van der Waals surface area (Å²) in [5.41, 5.74) is 0.402. The number of hydrogen-bond acceptors (Lipinski definition) is 4. The fourth-order valence-corrected chi connectivity index (χ4v) is 1.34. The molecule has 0 aliphatic rings. The highest BCUT2D eigenvalue weighted by molar-refractivity contribution is 5.89. The molecule has 0 fully saturated rings. The molecule has 0 heterocycles.